The molecular weight excluding hydrogens is 675 g/mol. The number of hydrogen-bond donors (Lipinski definition) is 0. The lowest BCUT2D eigenvalue weighted by molar-refractivity contribution is -0.377. The minimum Gasteiger partial charge on any atom is -0.870 e. The normalized spacial score (nSPS) is 17.3. The maximum Gasteiger partial charge on any atom is 0.387 e. The van der Waals surface area contributed by atoms with Crippen molar-refractivity contribution in [1.29, 1.82) is 5.26 Å². The number of hydrogen-bond acceptors (Lipinski definition) is 9. The maximum absolute atomic E-state index is 13.7. The molecule has 1 aliphatic carbocycles. The number of halogens is 4. The summed E-state index contributed by atoms with van der Waals surface area (Å²) in [5.74, 6) is -0.340. The molecule has 5 rings (SSSR count). The summed E-state index contributed by atoms with van der Waals surface area (Å²) < 4.78 is 70.8. The predicted molar refractivity (Wildman–Crippen MR) is 160 cm³/mol. The summed E-state index contributed by atoms with van der Waals surface area (Å²) in [5, 5.41) is 8.53. The van der Waals surface area contributed by atoms with Crippen molar-refractivity contribution in [2.75, 3.05) is 18.9 Å². The molecule has 2 heterocycles. The van der Waals surface area contributed by atoms with E-state index in [1.807, 2.05) is 6.07 Å². The number of carbonyl (C=O) groups is 1. The van der Waals surface area contributed by atoms with Crippen LogP contribution in [0.2, 0.25) is 10.0 Å². The van der Waals surface area contributed by atoms with Crippen LogP contribution < -0.4 is 14.5 Å². The molecule has 0 unspecified atom stereocenters. The highest BCUT2D eigenvalue weighted by Crippen LogP contribution is 2.39. The summed E-state index contributed by atoms with van der Waals surface area (Å²) in [4.78, 5) is 16.4. The number of aromatic amines is 1. The van der Waals surface area contributed by atoms with E-state index in [0.29, 0.717) is 29.4 Å². The lowest BCUT2D eigenvalue weighted by Gasteiger charge is -2.26. The minimum absolute atomic E-state index is 0. The average Bonchev–Trinajstić information content (AvgIpc) is 3.69. The zero-order valence-electron chi connectivity index (χ0n) is 23.4. The van der Waals surface area contributed by atoms with Gasteiger partial charge in [0.05, 0.1) is 23.1 Å². The predicted octanol–water partition coefficient (Wildman–Crippen LogP) is 5.48. The number of pyridine rings is 1. The molecule has 16 heteroatoms. The van der Waals surface area contributed by atoms with Crippen molar-refractivity contribution in [3.8, 4) is 17.6 Å². The van der Waals surface area contributed by atoms with Crippen molar-refractivity contribution in [2.24, 2.45) is 5.92 Å². The molecule has 0 radical (unpaired) electrons. The number of aromatic nitrogens is 1. The van der Waals surface area contributed by atoms with Gasteiger partial charge in [-0.15, -0.1) is 11.8 Å². The summed E-state index contributed by atoms with van der Waals surface area (Å²) >= 11 is 13.9. The van der Waals surface area contributed by atoms with E-state index in [-0.39, 0.29) is 50.4 Å². The van der Waals surface area contributed by atoms with Gasteiger partial charge in [-0.05, 0) is 54.7 Å². The first-order valence-corrected chi connectivity index (χ1v) is 16.7. The Bertz CT molecular complexity index is 1670. The largest absolute Gasteiger partial charge is 0.870 e. The molecule has 2 N–H and O–H groups in total. The second-order valence-corrected chi connectivity index (χ2v) is 14.0. The molecule has 3 aromatic rings. The quantitative estimate of drug-likeness (QED) is 0.224. The van der Waals surface area contributed by atoms with E-state index in [2.05, 4.69) is 9.72 Å². The number of rotatable bonds is 12. The number of H-pyrrole nitrogens is 1. The molecule has 2 atom stereocenters. The number of alkyl halides is 2. The van der Waals surface area contributed by atoms with Crippen LogP contribution in [0.15, 0.2) is 59.8 Å². The van der Waals surface area contributed by atoms with Gasteiger partial charge in [0.25, 0.3) is 0 Å². The highest BCUT2D eigenvalue weighted by Gasteiger charge is 2.42. The van der Waals surface area contributed by atoms with Crippen LogP contribution >= 0.6 is 35.0 Å². The van der Waals surface area contributed by atoms with Gasteiger partial charge in [0.15, 0.2) is 29.3 Å². The van der Waals surface area contributed by atoms with E-state index in [9.17, 15) is 27.3 Å². The Hall–Kier alpha value is -3.19. The van der Waals surface area contributed by atoms with Crippen molar-refractivity contribution < 1.29 is 46.7 Å². The highest BCUT2D eigenvalue weighted by molar-refractivity contribution is 8.02. The Kier molecular flexibility index (Phi) is 11.5. The van der Waals surface area contributed by atoms with Gasteiger partial charge >= 0.3 is 12.6 Å². The van der Waals surface area contributed by atoms with Crippen LogP contribution in [-0.2, 0) is 26.0 Å². The second kappa shape index (κ2) is 14.9. The molecule has 2 aliphatic rings. The standard InChI is InChI=1S/C29H25Cl2F2N3O6S2.H2O/c30-22-14-35-15-23(31)21(22)12-25(19-6-7-24(42-29(32)33)26(11-19)40-16-17-4-5-17)41-28(37)27-36(8-9-43-27)44(38,39)20-3-1-2-18(10-20)13-34;/h1-3,6-7,10-11,14-15,17,25,27,29H,4-5,8-9,12,16H2;1H2/t25-,27-;/m0./s1. The topological polar surface area (TPSA) is 150 Å². The lowest BCUT2D eigenvalue weighted by atomic mass is 10.0. The van der Waals surface area contributed by atoms with Crippen LogP contribution in [0.25, 0.3) is 0 Å². The van der Waals surface area contributed by atoms with E-state index in [4.69, 9.17) is 32.7 Å². The third-order valence-electron chi connectivity index (χ3n) is 6.99. The number of thioether (sulfide) groups is 1. The third kappa shape index (κ3) is 8.35. The molecule has 1 saturated carbocycles. The zero-order valence-corrected chi connectivity index (χ0v) is 26.5. The fourth-order valence-corrected chi connectivity index (χ4v) is 8.18. The Labute approximate surface area is 272 Å². The Morgan fingerprint density at radius 2 is 1.87 bits per heavy atom. The van der Waals surface area contributed by atoms with Gasteiger partial charge in [-0.2, -0.15) is 18.3 Å². The van der Waals surface area contributed by atoms with E-state index in [1.165, 1.54) is 54.9 Å². The van der Waals surface area contributed by atoms with Crippen molar-refractivity contribution in [1.82, 2.24) is 4.31 Å². The van der Waals surface area contributed by atoms with E-state index in [1.54, 1.807) is 0 Å². The number of carbonyl (C=O) groups excluding carboxylic acids is 1. The molecule has 10 nitrogen and oxygen atoms in total. The van der Waals surface area contributed by atoms with Gasteiger partial charge in [0, 0.05) is 24.3 Å². The first-order valence-electron chi connectivity index (χ1n) is 13.5. The van der Waals surface area contributed by atoms with Crippen LogP contribution in [0, 0.1) is 17.2 Å². The molecule has 1 aliphatic heterocycles. The molecule has 1 aromatic heterocycles. The maximum atomic E-state index is 13.7. The molecule has 240 valence electrons. The number of esters is 1. The fraction of sp³-hybridized carbons (Fsp3) is 0.345. The summed E-state index contributed by atoms with van der Waals surface area (Å²) in [7, 11) is -4.17. The molecule has 0 bridgehead atoms. The Balaban J connectivity index is 0.00000461. The van der Waals surface area contributed by atoms with Crippen LogP contribution in [0.3, 0.4) is 0 Å². The summed E-state index contributed by atoms with van der Waals surface area (Å²) in [6.07, 6.45) is 3.84. The molecule has 1 saturated heterocycles. The van der Waals surface area contributed by atoms with E-state index < -0.39 is 34.1 Å². The number of sulfonamides is 1. The smallest absolute Gasteiger partial charge is 0.387 e. The molecule has 2 aromatic carbocycles. The van der Waals surface area contributed by atoms with Gasteiger partial charge in [-0.3, -0.25) is 0 Å². The molecule has 0 spiro atoms. The number of nitrogens with one attached hydrogen (secondary N) is 1. The van der Waals surface area contributed by atoms with Gasteiger partial charge in [-0.25, -0.2) is 18.2 Å². The van der Waals surface area contributed by atoms with Crippen molar-refractivity contribution in [2.45, 2.75) is 42.2 Å². The van der Waals surface area contributed by atoms with Gasteiger partial charge in [-0.1, -0.05) is 35.3 Å². The third-order valence-corrected chi connectivity index (χ3v) is 10.8. The summed E-state index contributed by atoms with van der Waals surface area (Å²) in [6, 6.07) is 11.7. The van der Waals surface area contributed by atoms with Crippen LogP contribution in [-0.4, -0.2) is 55.1 Å². The summed E-state index contributed by atoms with van der Waals surface area (Å²) in [5.41, 5.74) is 0.963. The molecule has 0 amide bonds. The lowest BCUT2D eigenvalue weighted by Crippen LogP contribution is -2.40. The van der Waals surface area contributed by atoms with Crippen LogP contribution in [0.4, 0.5) is 8.78 Å². The highest BCUT2D eigenvalue weighted by atomic mass is 35.5. The monoisotopic (exact) mass is 701 g/mol. The SMILES string of the molecule is N#Cc1cccc(S(=O)(=O)N2CCS[C@H]2C(=O)O[C@@H](Cc2c(Cl)c[nH+]cc2Cl)c2ccc(OC(F)F)c(OCC3CC3)c2)c1.[OH-]. The fourth-order valence-electron chi connectivity index (χ4n) is 4.55. The first-order chi connectivity index (χ1) is 21.1. The Morgan fingerprint density at radius 1 is 1.13 bits per heavy atom. The molecule has 45 heavy (non-hydrogen) atoms. The minimum atomic E-state index is -4.17. The number of benzene rings is 2. The summed E-state index contributed by atoms with van der Waals surface area (Å²) in [6.45, 7) is -2.74. The average molecular weight is 703 g/mol. The van der Waals surface area contributed by atoms with Gasteiger partial charge in [0.2, 0.25) is 10.0 Å². The van der Waals surface area contributed by atoms with Gasteiger partial charge in [0.1, 0.15) is 16.1 Å². The zero-order chi connectivity index (χ0) is 31.4. The Morgan fingerprint density at radius 3 is 2.53 bits per heavy atom. The van der Waals surface area contributed by atoms with E-state index >= 15 is 0 Å². The number of ether oxygens (including phenoxy) is 3. The van der Waals surface area contributed by atoms with Crippen molar-refractivity contribution >= 4 is 51.0 Å². The van der Waals surface area contributed by atoms with Crippen molar-refractivity contribution in [3.63, 3.8) is 0 Å². The molecular formula is C29H27Cl2F2N3O7S2. The van der Waals surface area contributed by atoms with Crippen LogP contribution in [0.5, 0.6) is 11.5 Å². The second-order valence-electron chi connectivity index (χ2n) is 10.1. The first kappa shape index (κ1) is 34.7. The van der Waals surface area contributed by atoms with E-state index in [0.717, 1.165) is 28.9 Å². The number of nitrogens with zero attached hydrogens (tertiary/aromatic N) is 2. The number of nitriles is 1. The van der Waals surface area contributed by atoms with Crippen LogP contribution in [0.1, 0.15) is 35.6 Å². The molecule has 2 fully saturated rings. The van der Waals surface area contributed by atoms with Crippen molar-refractivity contribution in [3.05, 3.63) is 81.6 Å². The van der Waals surface area contributed by atoms with Gasteiger partial charge < -0.3 is 19.7 Å².